The lowest BCUT2D eigenvalue weighted by Crippen LogP contribution is -2.45. The maximum absolute atomic E-state index is 13.2. The molecule has 4 rings (SSSR count). The van der Waals surface area contributed by atoms with Gasteiger partial charge in [0.05, 0.1) is 5.56 Å². The second-order valence-corrected chi connectivity index (χ2v) is 9.31. The number of amides is 2. The molecule has 0 aromatic heterocycles. The number of anilines is 1. The number of carbonyl (C=O) groups excluding carboxylic acids is 2. The van der Waals surface area contributed by atoms with Crippen molar-refractivity contribution in [1.29, 1.82) is 0 Å². The van der Waals surface area contributed by atoms with E-state index in [2.05, 4.69) is 35.3 Å². The molecular weight excluding hydrogens is 398 g/mol. The van der Waals surface area contributed by atoms with E-state index in [0.717, 1.165) is 69.5 Å². The SMILES string of the molecule is CC1CCN(C(=O)c2ccccc2N2CCC(NC(=O)CCc3ccccc3)CC2)CC1. The Balaban J connectivity index is 1.29. The van der Waals surface area contributed by atoms with Crippen LogP contribution in [0.1, 0.15) is 54.9 Å². The van der Waals surface area contributed by atoms with Crippen molar-refractivity contribution in [1.82, 2.24) is 10.2 Å². The number of hydrogen-bond acceptors (Lipinski definition) is 3. The first-order valence-electron chi connectivity index (χ1n) is 12.1. The lowest BCUT2D eigenvalue weighted by molar-refractivity contribution is -0.121. The Labute approximate surface area is 191 Å². The molecule has 2 amide bonds. The lowest BCUT2D eigenvalue weighted by Gasteiger charge is -2.36. The molecule has 2 saturated heterocycles. The lowest BCUT2D eigenvalue weighted by atomic mass is 9.98. The molecule has 0 bridgehead atoms. The van der Waals surface area contributed by atoms with Crippen LogP contribution in [0.5, 0.6) is 0 Å². The standard InChI is InChI=1S/C27H35N3O2/c1-21-13-17-30(18-14-21)27(32)24-9-5-6-10-25(24)29-19-15-23(16-20-29)28-26(31)12-11-22-7-3-2-4-8-22/h2-10,21,23H,11-20H2,1H3,(H,28,31). The van der Waals surface area contributed by atoms with Crippen LogP contribution < -0.4 is 10.2 Å². The van der Waals surface area contributed by atoms with Gasteiger partial charge in [-0.25, -0.2) is 0 Å². The Hall–Kier alpha value is -2.82. The van der Waals surface area contributed by atoms with Gasteiger partial charge in [0.2, 0.25) is 5.91 Å². The summed E-state index contributed by atoms with van der Waals surface area (Å²) in [6.07, 6.45) is 5.28. The van der Waals surface area contributed by atoms with Crippen molar-refractivity contribution < 1.29 is 9.59 Å². The number of likely N-dealkylation sites (tertiary alicyclic amines) is 1. The van der Waals surface area contributed by atoms with Gasteiger partial charge < -0.3 is 15.1 Å². The number of nitrogens with one attached hydrogen (secondary N) is 1. The number of nitrogens with zero attached hydrogens (tertiary/aromatic N) is 2. The Kier molecular flexibility index (Phi) is 7.46. The number of hydrogen-bond donors (Lipinski definition) is 1. The number of piperidine rings is 2. The predicted octanol–water partition coefficient (Wildman–Crippen LogP) is 4.28. The van der Waals surface area contributed by atoms with Crippen LogP contribution in [0.2, 0.25) is 0 Å². The summed E-state index contributed by atoms with van der Waals surface area (Å²) in [6.45, 7) is 5.67. The molecule has 0 radical (unpaired) electrons. The topological polar surface area (TPSA) is 52.7 Å². The normalized spacial score (nSPS) is 17.9. The third-order valence-corrected chi connectivity index (χ3v) is 6.89. The third kappa shape index (κ3) is 5.70. The molecule has 0 aliphatic carbocycles. The summed E-state index contributed by atoms with van der Waals surface area (Å²) < 4.78 is 0. The summed E-state index contributed by atoms with van der Waals surface area (Å²) in [5, 5.41) is 3.21. The highest BCUT2D eigenvalue weighted by molar-refractivity contribution is 6.00. The molecule has 0 saturated carbocycles. The number of carbonyl (C=O) groups is 2. The fraction of sp³-hybridized carbons (Fsp3) is 0.481. The molecule has 5 nitrogen and oxygen atoms in total. The summed E-state index contributed by atoms with van der Waals surface area (Å²) in [6, 6.07) is 18.4. The van der Waals surface area contributed by atoms with Crippen molar-refractivity contribution in [3.8, 4) is 0 Å². The molecule has 32 heavy (non-hydrogen) atoms. The molecule has 2 heterocycles. The van der Waals surface area contributed by atoms with E-state index < -0.39 is 0 Å². The first kappa shape index (κ1) is 22.4. The van der Waals surface area contributed by atoms with E-state index in [-0.39, 0.29) is 17.9 Å². The molecule has 2 aliphatic heterocycles. The average molecular weight is 434 g/mol. The average Bonchev–Trinajstić information content (AvgIpc) is 2.84. The molecule has 2 fully saturated rings. The fourth-order valence-corrected chi connectivity index (χ4v) is 4.78. The van der Waals surface area contributed by atoms with Crippen LogP contribution in [-0.4, -0.2) is 48.9 Å². The summed E-state index contributed by atoms with van der Waals surface area (Å²) in [5.41, 5.74) is 3.04. The zero-order valence-corrected chi connectivity index (χ0v) is 19.1. The van der Waals surface area contributed by atoms with Gasteiger partial charge in [-0.3, -0.25) is 9.59 Å². The van der Waals surface area contributed by atoms with Crippen LogP contribution in [0.3, 0.4) is 0 Å². The summed E-state index contributed by atoms with van der Waals surface area (Å²) in [4.78, 5) is 29.9. The maximum atomic E-state index is 13.2. The van der Waals surface area contributed by atoms with E-state index in [1.165, 1.54) is 5.56 Å². The van der Waals surface area contributed by atoms with Gasteiger partial charge in [0.1, 0.15) is 0 Å². The number of para-hydroxylation sites is 1. The second kappa shape index (κ2) is 10.7. The van der Waals surface area contributed by atoms with Crippen LogP contribution >= 0.6 is 0 Å². The second-order valence-electron chi connectivity index (χ2n) is 9.31. The van der Waals surface area contributed by atoms with Crippen LogP contribution in [0.4, 0.5) is 5.69 Å². The van der Waals surface area contributed by atoms with Gasteiger partial charge >= 0.3 is 0 Å². The summed E-state index contributed by atoms with van der Waals surface area (Å²) in [5.74, 6) is 0.988. The van der Waals surface area contributed by atoms with Gasteiger partial charge in [0.15, 0.2) is 0 Å². The smallest absolute Gasteiger partial charge is 0.255 e. The van der Waals surface area contributed by atoms with Gasteiger partial charge in [-0.05, 0) is 55.7 Å². The first-order chi connectivity index (χ1) is 15.6. The van der Waals surface area contributed by atoms with Crippen LogP contribution in [0, 0.1) is 5.92 Å². The van der Waals surface area contributed by atoms with E-state index in [9.17, 15) is 9.59 Å². The van der Waals surface area contributed by atoms with Gasteiger partial charge in [-0.2, -0.15) is 0 Å². The predicted molar refractivity (Wildman–Crippen MR) is 129 cm³/mol. The quantitative estimate of drug-likeness (QED) is 0.740. The highest BCUT2D eigenvalue weighted by atomic mass is 16.2. The zero-order valence-electron chi connectivity index (χ0n) is 19.1. The van der Waals surface area contributed by atoms with Crippen LogP contribution in [-0.2, 0) is 11.2 Å². The molecule has 5 heteroatoms. The molecule has 1 N–H and O–H groups in total. The largest absolute Gasteiger partial charge is 0.371 e. The van der Waals surface area contributed by atoms with Gasteiger partial charge in [-0.1, -0.05) is 49.4 Å². The van der Waals surface area contributed by atoms with Gasteiger partial charge in [0, 0.05) is 44.3 Å². The minimum absolute atomic E-state index is 0.127. The van der Waals surface area contributed by atoms with Crippen molar-refractivity contribution in [3.05, 3.63) is 65.7 Å². The molecule has 0 spiro atoms. The molecule has 2 aromatic rings. The highest BCUT2D eigenvalue weighted by Gasteiger charge is 2.27. The molecule has 2 aliphatic rings. The van der Waals surface area contributed by atoms with E-state index >= 15 is 0 Å². The number of rotatable bonds is 6. The van der Waals surface area contributed by atoms with Gasteiger partial charge in [0.25, 0.3) is 5.91 Å². The Morgan fingerprint density at radius 2 is 1.53 bits per heavy atom. The van der Waals surface area contributed by atoms with E-state index in [4.69, 9.17) is 0 Å². The molecule has 0 unspecified atom stereocenters. The van der Waals surface area contributed by atoms with Crippen molar-refractivity contribution in [2.75, 3.05) is 31.1 Å². The Morgan fingerprint density at radius 1 is 0.875 bits per heavy atom. The number of aryl methyl sites for hydroxylation is 1. The Morgan fingerprint density at radius 3 is 2.25 bits per heavy atom. The van der Waals surface area contributed by atoms with Crippen molar-refractivity contribution >= 4 is 17.5 Å². The maximum Gasteiger partial charge on any atom is 0.255 e. The summed E-state index contributed by atoms with van der Waals surface area (Å²) >= 11 is 0. The van der Waals surface area contributed by atoms with Crippen molar-refractivity contribution in [2.24, 2.45) is 5.92 Å². The first-order valence-corrected chi connectivity index (χ1v) is 12.1. The highest BCUT2D eigenvalue weighted by Crippen LogP contribution is 2.27. The van der Waals surface area contributed by atoms with E-state index in [0.29, 0.717) is 12.3 Å². The van der Waals surface area contributed by atoms with Crippen molar-refractivity contribution in [3.63, 3.8) is 0 Å². The molecule has 170 valence electrons. The molecule has 0 atom stereocenters. The number of benzene rings is 2. The third-order valence-electron chi connectivity index (χ3n) is 6.89. The minimum atomic E-state index is 0.127. The van der Waals surface area contributed by atoms with Crippen LogP contribution in [0.15, 0.2) is 54.6 Å². The minimum Gasteiger partial charge on any atom is -0.371 e. The zero-order chi connectivity index (χ0) is 22.3. The van der Waals surface area contributed by atoms with E-state index in [1.54, 1.807) is 0 Å². The summed E-state index contributed by atoms with van der Waals surface area (Å²) in [7, 11) is 0. The van der Waals surface area contributed by atoms with E-state index in [1.807, 2.05) is 41.3 Å². The van der Waals surface area contributed by atoms with Gasteiger partial charge in [-0.15, -0.1) is 0 Å². The Bertz CT molecular complexity index is 898. The molecular formula is C27H35N3O2. The van der Waals surface area contributed by atoms with Crippen molar-refractivity contribution in [2.45, 2.75) is 51.5 Å². The fourth-order valence-electron chi connectivity index (χ4n) is 4.78. The molecule has 2 aromatic carbocycles. The van der Waals surface area contributed by atoms with Crippen LogP contribution in [0.25, 0.3) is 0 Å². The monoisotopic (exact) mass is 433 g/mol.